The largest absolute Gasteiger partial charge is 0.348 e. The Morgan fingerprint density at radius 2 is 1.88 bits per heavy atom. The van der Waals surface area contributed by atoms with Gasteiger partial charge in [-0.05, 0) is 37.1 Å². The third-order valence-corrected chi connectivity index (χ3v) is 5.55. The Morgan fingerprint density at radius 1 is 1.15 bits per heavy atom. The fourth-order valence-electron chi connectivity index (χ4n) is 2.52. The van der Waals surface area contributed by atoms with E-state index in [1.807, 2.05) is 37.3 Å². The van der Waals surface area contributed by atoms with Crippen molar-refractivity contribution in [1.29, 1.82) is 0 Å². The number of thiazole rings is 1. The molecule has 26 heavy (non-hydrogen) atoms. The van der Waals surface area contributed by atoms with Crippen LogP contribution in [-0.2, 0) is 11.3 Å². The van der Waals surface area contributed by atoms with Crippen LogP contribution in [0.5, 0.6) is 0 Å². The van der Waals surface area contributed by atoms with Crippen molar-refractivity contribution < 1.29 is 4.79 Å². The molecule has 0 bridgehead atoms. The number of aromatic nitrogens is 1. The number of hydrogen-bond donors (Lipinski definition) is 1. The highest BCUT2D eigenvalue weighted by Crippen LogP contribution is 2.30. The quantitative estimate of drug-likeness (QED) is 0.599. The topological polar surface area (TPSA) is 42.0 Å². The van der Waals surface area contributed by atoms with Gasteiger partial charge in [0.15, 0.2) is 0 Å². The van der Waals surface area contributed by atoms with Crippen LogP contribution in [0.2, 0.25) is 5.02 Å². The highest BCUT2D eigenvalue weighted by atomic mass is 35.5. The van der Waals surface area contributed by atoms with Gasteiger partial charge in [-0.2, -0.15) is 0 Å². The zero-order valence-corrected chi connectivity index (χ0v) is 16.2. The number of aryl methyl sites for hydroxylation is 2. The fraction of sp³-hybridized carbons (Fsp3) is 0.143. The Bertz CT molecular complexity index is 962. The summed E-state index contributed by atoms with van der Waals surface area (Å²) >= 11 is 7.70. The Morgan fingerprint density at radius 3 is 2.65 bits per heavy atom. The van der Waals surface area contributed by atoms with Gasteiger partial charge in [-0.25, -0.2) is 4.98 Å². The third-order valence-electron chi connectivity index (χ3n) is 4.01. The Balaban J connectivity index is 1.66. The lowest BCUT2D eigenvalue weighted by Crippen LogP contribution is -2.20. The first-order valence-corrected chi connectivity index (χ1v) is 9.47. The van der Waals surface area contributed by atoms with Gasteiger partial charge in [0.2, 0.25) is 5.91 Å². The number of hydrogen-bond acceptors (Lipinski definition) is 3. The van der Waals surface area contributed by atoms with Gasteiger partial charge in [0, 0.05) is 21.5 Å². The van der Waals surface area contributed by atoms with Crippen molar-refractivity contribution in [3.63, 3.8) is 0 Å². The van der Waals surface area contributed by atoms with Gasteiger partial charge in [-0.3, -0.25) is 4.79 Å². The van der Waals surface area contributed by atoms with Gasteiger partial charge >= 0.3 is 0 Å². The predicted molar refractivity (Wildman–Crippen MR) is 109 cm³/mol. The van der Waals surface area contributed by atoms with Crippen LogP contribution >= 0.6 is 22.9 Å². The molecule has 0 atom stereocenters. The van der Waals surface area contributed by atoms with Crippen LogP contribution in [0.4, 0.5) is 0 Å². The average Bonchev–Trinajstić information content (AvgIpc) is 3.00. The second-order valence-corrected chi connectivity index (χ2v) is 7.41. The van der Waals surface area contributed by atoms with E-state index in [0.29, 0.717) is 11.6 Å². The standard InChI is InChI=1S/C21H19ClN2OS/c1-14-7-3-5-9-17(14)21-24-15(2)19(26-21)13-23-20(25)12-11-16-8-4-6-10-18(16)22/h3-12H,13H2,1-2H3,(H,23,25)/b12-11+. The molecule has 0 saturated carbocycles. The van der Waals surface area contributed by atoms with Gasteiger partial charge < -0.3 is 5.32 Å². The molecule has 5 heteroatoms. The maximum Gasteiger partial charge on any atom is 0.244 e. The van der Waals surface area contributed by atoms with Crippen molar-refractivity contribution in [2.24, 2.45) is 0 Å². The van der Waals surface area contributed by atoms with E-state index in [9.17, 15) is 4.79 Å². The molecule has 1 heterocycles. The second-order valence-electron chi connectivity index (χ2n) is 5.92. The summed E-state index contributed by atoms with van der Waals surface area (Å²) in [7, 11) is 0. The summed E-state index contributed by atoms with van der Waals surface area (Å²) in [5, 5.41) is 4.52. The lowest BCUT2D eigenvalue weighted by molar-refractivity contribution is -0.116. The highest BCUT2D eigenvalue weighted by molar-refractivity contribution is 7.15. The molecule has 132 valence electrons. The Labute approximate surface area is 162 Å². The molecule has 1 amide bonds. The average molecular weight is 383 g/mol. The first kappa shape index (κ1) is 18.4. The van der Waals surface area contributed by atoms with Gasteiger partial charge in [0.1, 0.15) is 5.01 Å². The molecule has 0 spiro atoms. The summed E-state index contributed by atoms with van der Waals surface area (Å²) in [4.78, 5) is 17.8. The van der Waals surface area contributed by atoms with Crippen LogP contribution in [0.25, 0.3) is 16.6 Å². The minimum absolute atomic E-state index is 0.157. The molecule has 0 unspecified atom stereocenters. The van der Waals surface area contributed by atoms with Crippen LogP contribution in [0.1, 0.15) is 21.7 Å². The molecule has 0 saturated heterocycles. The Hall–Kier alpha value is -2.43. The van der Waals surface area contributed by atoms with Crippen LogP contribution in [0, 0.1) is 13.8 Å². The minimum Gasteiger partial charge on any atom is -0.348 e. The molecule has 0 aliphatic heterocycles. The van der Waals surface area contributed by atoms with E-state index < -0.39 is 0 Å². The molecular weight excluding hydrogens is 364 g/mol. The molecule has 0 aliphatic rings. The van der Waals surface area contributed by atoms with E-state index in [-0.39, 0.29) is 5.91 Å². The maximum absolute atomic E-state index is 12.1. The monoisotopic (exact) mass is 382 g/mol. The number of nitrogens with one attached hydrogen (secondary N) is 1. The molecule has 3 aromatic rings. The number of halogens is 1. The van der Waals surface area contributed by atoms with E-state index in [1.165, 1.54) is 11.6 Å². The van der Waals surface area contributed by atoms with Gasteiger partial charge in [-0.1, -0.05) is 54.1 Å². The maximum atomic E-state index is 12.1. The summed E-state index contributed by atoms with van der Waals surface area (Å²) < 4.78 is 0. The highest BCUT2D eigenvalue weighted by Gasteiger charge is 2.11. The fourth-order valence-corrected chi connectivity index (χ4v) is 3.81. The zero-order valence-electron chi connectivity index (χ0n) is 14.6. The number of nitrogens with zero attached hydrogens (tertiary/aromatic N) is 1. The van der Waals surface area contributed by atoms with Crippen LogP contribution in [-0.4, -0.2) is 10.9 Å². The zero-order chi connectivity index (χ0) is 18.5. The third kappa shape index (κ3) is 4.40. The smallest absolute Gasteiger partial charge is 0.244 e. The van der Waals surface area contributed by atoms with Crippen molar-refractivity contribution in [3.8, 4) is 10.6 Å². The van der Waals surface area contributed by atoms with Crippen molar-refractivity contribution in [3.05, 3.63) is 81.3 Å². The Kier molecular flexibility index (Phi) is 5.86. The van der Waals surface area contributed by atoms with Crippen molar-refractivity contribution in [2.75, 3.05) is 0 Å². The van der Waals surface area contributed by atoms with Crippen LogP contribution < -0.4 is 5.32 Å². The molecule has 3 nitrogen and oxygen atoms in total. The summed E-state index contributed by atoms with van der Waals surface area (Å²) in [5.74, 6) is -0.157. The van der Waals surface area contributed by atoms with Gasteiger partial charge in [0.25, 0.3) is 0 Å². The van der Waals surface area contributed by atoms with E-state index in [0.717, 1.165) is 26.7 Å². The molecule has 0 fully saturated rings. The number of amides is 1. The molecule has 0 aliphatic carbocycles. The number of benzene rings is 2. The molecule has 0 radical (unpaired) electrons. The molecule has 1 aromatic heterocycles. The van der Waals surface area contributed by atoms with Gasteiger partial charge in [0.05, 0.1) is 12.2 Å². The molecule has 1 N–H and O–H groups in total. The van der Waals surface area contributed by atoms with E-state index in [4.69, 9.17) is 11.6 Å². The van der Waals surface area contributed by atoms with Gasteiger partial charge in [-0.15, -0.1) is 11.3 Å². The first-order valence-electron chi connectivity index (χ1n) is 8.27. The second kappa shape index (κ2) is 8.30. The first-order chi connectivity index (χ1) is 12.5. The van der Waals surface area contributed by atoms with Crippen molar-refractivity contribution in [1.82, 2.24) is 10.3 Å². The SMILES string of the molecule is Cc1ccccc1-c1nc(C)c(CNC(=O)/C=C/c2ccccc2Cl)s1. The summed E-state index contributed by atoms with van der Waals surface area (Å²) in [5.41, 5.74) is 4.10. The van der Waals surface area contributed by atoms with E-state index in [1.54, 1.807) is 23.5 Å². The summed E-state index contributed by atoms with van der Waals surface area (Å²) in [6.07, 6.45) is 3.22. The predicted octanol–water partition coefficient (Wildman–Crippen LogP) is 5.41. The lowest BCUT2D eigenvalue weighted by Gasteiger charge is -2.01. The number of carbonyl (C=O) groups excluding carboxylic acids is 1. The summed E-state index contributed by atoms with van der Waals surface area (Å²) in [6, 6.07) is 15.6. The van der Waals surface area contributed by atoms with Crippen LogP contribution in [0.3, 0.4) is 0 Å². The molecule has 3 rings (SSSR count). The number of carbonyl (C=O) groups is 1. The lowest BCUT2D eigenvalue weighted by atomic mass is 10.1. The molecular formula is C21H19ClN2OS. The number of rotatable bonds is 5. The minimum atomic E-state index is -0.157. The van der Waals surface area contributed by atoms with E-state index in [2.05, 4.69) is 29.4 Å². The van der Waals surface area contributed by atoms with Crippen molar-refractivity contribution in [2.45, 2.75) is 20.4 Å². The van der Waals surface area contributed by atoms with E-state index >= 15 is 0 Å². The normalized spacial score (nSPS) is 11.0. The van der Waals surface area contributed by atoms with Crippen molar-refractivity contribution >= 4 is 34.9 Å². The summed E-state index contributed by atoms with van der Waals surface area (Å²) in [6.45, 7) is 4.51. The molecule has 2 aromatic carbocycles. The van der Waals surface area contributed by atoms with Crippen LogP contribution in [0.15, 0.2) is 54.6 Å².